The molecule has 0 bridgehead atoms. The molecular weight excluding hydrogens is 851 g/mol. The average molecular weight is 910 g/mol. The van der Waals surface area contributed by atoms with Gasteiger partial charge in [-0.25, -0.2) is 9.59 Å². The molecule has 0 spiro atoms. The van der Waals surface area contributed by atoms with Crippen LogP contribution in [0.3, 0.4) is 0 Å². The van der Waals surface area contributed by atoms with Crippen molar-refractivity contribution in [3.63, 3.8) is 0 Å². The van der Waals surface area contributed by atoms with Crippen LogP contribution in [-0.2, 0) is 39.9 Å². The van der Waals surface area contributed by atoms with Gasteiger partial charge in [-0.2, -0.15) is 5.21 Å². The molecule has 66 heavy (non-hydrogen) atoms. The minimum atomic E-state index is -0.975. The minimum absolute atomic E-state index is 0.129. The third-order valence-electron chi connectivity index (χ3n) is 10.3. The molecule has 1 fully saturated rings. The largest absolute Gasteiger partial charge is 0.444 e. The second-order valence-electron chi connectivity index (χ2n) is 18.0. The van der Waals surface area contributed by atoms with E-state index in [0.29, 0.717) is 71.7 Å². The quantitative estimate of drug-likeness (QED) is 0.0792. The van der Waals surface area contributed by atoms with Crippen molar-refractivity contribution in [1.29, 1.82) is 0 Å². The molecule has 1 heterocycles. The SMILES string of the molecule is CC(C)(C)OC(=O)NCC(=O)NCC(=O)N(CC(N)=O)c1ccccc1-c1ccc(C[C@H](NC(=O)C2CCC(CNC(=O)OC(C)(C)C)CC2)C(=O)Nc2ccc(-c3nn[nH]n3)cc2)cc1. The highest BCUT2D eigenvalue weighted by Gasteiger charge is 2.31. The Morgan fingerprint density at radius 2 is 1.39 bits per heavy atom. The molecule has 1 saturated carbocycles. The highest BCUT2D eigenvalue weighted by molar-refractivity contribution is 6.04. The number of hydrogen-bond acceptors (Lipinski definition) is 12. The third kappa shape index (κ3) is 15.7. The van der Waals surface area contributed by atoms with E-state index in [0.717, 1.165) is 0 Å². The van der Waals surface area contributed by atoms with Crippen molar-refractivity contribution in [2.24, 2.45) is 17.6 Å². The summed E-state index contributed by atoms with van der Waals surface area (Å²) in [6.45, 7) is 9.45. The summed E-state index contributed by atoms with van der Waals surface area (Å²) in [5.41, 5.74) is 7.66. The summed E-state index contributed by atoms with van der Waals surface area (Å²) < 4.78 is 10.5. The monoisotopic (exact) mass is 909 g/mol. The summed E-state index contributed by atoms with van der Waals surface area (Å²) in [4.78, 5) is 91.4. The van der Waals surface area contributed by atoms with E-state index in [9.17, 15) is 33.6 Å². The van der Waals surface area contributed by atoms with Crippen LogP contribution in [0.15, 0.2) is 72.8 Å². The molecule has 0 aliphatic heterocycles. The molecule has 0 radical (unpaired) electrons. The van der Waals surface area contributed by atoms with Gasteiger partial charge < -0.3 is 46.7 Å². The van der Waals surface area contributed by atoms with Crippen LogP contribution in [0.1, 0.15) is 72.8 Å². The molecule has 352 valence electrons. The number of alkyl carbamates (subject to hydrolysis) is 2. The number of aromatic amines is 1. The maximum atomic E-state index is 14.0. The summed E-state index contributed by atoms with van der Waals surface area (Å²) in [6.07, 6.45) is 1.44. The number of para-hydroxylation sites is 1. The molecule has 1 atom stereocenters. The van der Waals surface area contributed by atoms with Gasteiger partial charge >= 0.3 is 12.2 Å². The Balaban J connectivity index is 1.28. The van der Waals surface area contributed by atoms with Gasteiger partial charge in [0.05, 0.1) is 12.2 Å². The van der Waals surface area contributed by atoms with Crippen molar-refractivity contribution < 1.29 is 43.0 Å². The van der Waals surface area contributed by atoms with E-state index in [-0.39, 0.29) is 24.2 Å². The number of carbonyl (C=O) groups excluding carboxylic acids is 7. The smallest absolute Gasteiger partial charge is 0.408 e. The number of amides is 7. The highest BCUT2D eigenvalue weighted by atomic mass is 16.6. The van der Waals surface area contributed by atoms with Crippen molar-refractivity contribution >= 4 is 53.1 Å². The number of benzene rings is 3. The Labute approximate surface area is 382 Å². The first-order valence-corrected chi connectivity index (χ1v) is 21.7. The molecule has 1 aromatic heterocycles. The summed E-state index contributed by atoms with van der Waals surface area (Å²) in [7, 11) is 0. The Morgan fingerprint density at radius 1 is 0.773 bits per heavy atom. The van der Waals surface area contributed by atoms with Crippen LogP contribution in [0.25, 0.3) is 22.5 Å². The van der Waals surface area contributed by atoms with Crippen LogP contribution >= 0.6 is 0 Å². The lowest BCUT2D eigenvalue weighted by molar-refractivity contribution is -0.130. The molecule has 3 aromatic carbocycles. The van der Waals surface area contributed by atoms with Gasteiger partial charge in [-0.15, -0.1) is 10.2 Å². The number of carbonyl (C=O) groups is 7. The van der Waals surface area contributed by atoms with E-state index in [2.05, 4.69) is 47.2 Å². The Hall–Kier alpha value is -7.38. The lowest BCUT2D eigenvalue weighted by Crippen LogP contribution is -2.48. The van der Waals surface area contributed by atoms with Crippen LogP contribution in [0, 0.1) is 11.8 Å². The molecule has 7 amide bonds. The second-order valence-corrected chi connectivity index (χ2v) is 18.0. The predicted molar refractivity (Wildman–Crippen MR) is 244 cm³/mol. The van der Waals surface area contributed by atoms with Gasteiger partial charge in [0.2, 0.25) is 35.4 Å². The summed E-state index contributed by atoms with van der Waals surface area (Å²) >= 11 is 0. The van der Waals surface area contributed by atoms with E-state index >= 15 is 0 Å². The number of nitrogens with zero attached hydrogens (tertiary/aromatic N) is 4. The summed E-state index contributed by atoms with van der Waals surface area (Å²) in [5, 5.41) is 27.5. The zero-order valence-corrected chi connectivity index (χ0v) is 38.1. The van der Waals surface area contributed by atoms with Gasteiger partial charge in [-0.05, 0) is 120 Å². The van der Waals surface area contributed by atoms with Gasteiger partial charge in [0, 0.05) is 35.7 Å². The Kier molecular flexibility index (Phi) is 16.9. The molecule has 4 aromatic rings. The number of rotatable bonds is 17. The van der Waals surface area contributed by atoms with Crippen LogP contribution in [-0.4, -0.2) is 106 Å². The van der Waals surface area contributed by atoms with Gasteiger partial charge in [0.15, 0.2) is 0 Å². The van der Waals surface area contributed by atoms with Gasteiger partial charge in [-0.1, -0.05) is 42.5 Å². The first-order valence-electron chi connectivity index (χ1n) is 21.7. The maximum Gasteiger partial charge on any atom is 0.408 e. The fourth-order valence-corrected chi connectivity index (χ4v) is 7.16. The van der Waals surface area contributed by atoms with Crippen molar-refractivity contribution in [3.8, 4) is 22.5 Å². The third-order valence-corrected chi connectivity index (χ3v) is 10.3. The fraction of sp³-hybridized carbons (Fsp3) is 0.435. The number of tetrazole rings is 1. The van der Waals surface area contributed by atoms with E-state index in [1.807, 2.05) is 0 Å². The van der Waals surface area contributed by atoms with Crippen molar-refractivity contribution in [2.75, 3.05) is 36.4 Å². The number of nitrogens with two attached hydrogens (primary N) is 1. The highest BCUT2D eigenvalue weighted by Crippen LogP contribution is 2.32. The van der Waals surface area contributed by atoms with E-state index in [1.54, 1.807) is 114 Å². The normalized spacial score (nSPS) is 15.3. The number of nitrogens with one attached hydrogen (secondary N) is 6. The minimum Gasteiger partial charge on any atom is -0.444 e. The lowest BCUT2D eigenvalue weighted by Gasteiger charge is -2.29. The Bertz CT molecular complexity index is 2320. The molecule has 0 unspecified atom stereocenters. The molecule has 20 heteroatoms. The van der Waals surface area contributed by atoms with Crippen LogP contribution < -0.4 is 37.2 Å². The van der Waals surface area contributed by atoms with E-state index < -0.39 is 72.7 Å². The summed E-state index contributed by atoms with van der Waals surface area (Å²) in [5.74, 6) is -2.53. The van der Waals surface area contributed by atoms with Crippen molar-refractivity contribution in [1.82, 2.24) is 41.9 Å². The van der Waals surface area contributed by atoms with Crippen LogP contribution in [0.4, 0.5) is 21.0 Å². The molecular formula is C46H59N11O9. The summed E-state index contributed by atoms with van der Waals surface area (Å²) in [6, 6.07) is 20.0. The van der Waals surface area contributed by atoms with Crippen molar-refractivity contribution in [2.45, 2.75) is 90.9 Å². The standard InChI is InChI=1S/C46H59N11O9/c1-45(2,3)65-43(63)49-24-29-13-17-32(18-14-29)41(61)52-35(42(62)51-33-21-19-31(20-22-33)40-53-55-56-54-40)23-28-11-15-30(16-12-28)34-9-7-8-10-36(34)57(27-37(47)58)39(60)26-48-38(59)25-50-44(64)66-46(4,5)6/h7-12,15-16,19-22,29,32,35H,13-14,17-18,23-27H2,1-6H3,(H2,47,58)(H,48,59)(H,49,63)(H,50,64)(H,51,62)(H,52,61)(H,53,54,55,56)/t29?,32?,35-/m0/s1. The Morgan fingerprint density at radius 3 is 2.00 bits per heavy atom. The lowest BCUT2D eigenvalue weighted by atomic mass is 9.81. The van der Waals surface area contributed by atoms with Crippen molar-refractivity contribution in [3.05, 3.63) is 78.4 Å². The molecule has 1 aliphatic carbocycles. The maximum absolute atomic E-state index is 14.0. The molecule has 20 nitrogen and oxygen atoms in total. The van der Waals surface area contributed by atoms with E-state index in [4.69, 9.17) is 15.2 Å². The van der Waals surface area contributed by atoms with Crippen LogP contribution in [0.2, 0.25) is 0 Å². The van der Waals surface area contributed by atoms with Gasteiger partial charge in [0.25, 0.3) is 0 Å². The molecule has 1 aliphatic rings. The molecule has 5 rings (SSSR count). The molecule has 8 N–H and O–H groups in total. The predicted octanol–water partition coefficient (Wildman–Crippen LogP) is 3.99. The van der Waals surface area contributed by atoms with Crippen LogP contribution in [0.5, 0.6) is 0 Å². The number of hydrogen-bond donors (Lipinski definition) is 7. The van der Waals surface area contributed by atoms with Gasteiger partial charge in [-0.3, -0.25) is 24.0 Å². The number of aromatic nitrogens is 4. The van der Waals surface area contributed by atoms with Gasteiger partial charge in [0.1, 0.15) is 30.3 Å². The first kappa shape index (κ1) is 49.6. The second kappa shape index (κ2) is 22.5. The topological polar surface area (TPSA) is 282 Å². The fourth-order valence-electron chi connectivity index (χ4n) is 7.16. The number of primary amides is 1. The number of anilines is 2. The van der Waals surface area contributed by atoms with E-state index in [1.165, 1.54) is 4.90 Å². The zero-order valence-electron chi connectivity index (χ0n) is 38.1. The average Bonchev–Trinajstić information content (AvgIpc) is 3.81. The zero-order chi connectivity index (χ0) is 48.0. The number of H-pyrrole nitrogens is 1. The number of ether oxygens (including phenoxy) is 2. The molecule has 0 saturated heterocycles. The first-order chi connectivity index (χ1) is 31.2.